The van der Waals surface area contributed by atoms with Crippen LogP contribution in [0.4, 0.5) is 8.78 Å². The maximum atomic E-state index is 14.2. The topological polar surface area (TPSA) is 12.0 Å². The van der Waals surface area contributed by atoms with E-state index >= 15 is 0 Å². The van der Waals surface area contributed by atoms with Crippen LogP contribution >= 0.6 is 27.5 Å². The van der Waals surface area contributed by atoms with Crippen LogP contribution in [0.2, 0.25) is 5.02 Å². The SMILES string of the molecule is CNC(c1cc(C)c(C)cc1Cl)c1c(F)cc(Br)cc1F. The smallest absolute Gasteiger partial charge is 0.132 e. The van der Waals surface area contributed by atoms with Gasteiger partial charge in [-0.05, 0) is 55.8 Å². The fourth-order valence-corrected chi connectivity index (χ4v) is 3.04. The molecular formula is C16H15BrClF2N. The number of hydrogen-bond donors (Lipinski definition) is 1. The Bertz CT molecular complexity index is 665. The molecule has 0 fully saturated rings. The second kappa shape index (κ2) is 6.42. The summed E-state index contributed by atoms with van der Waals surface area (Å²) in [6.07, 6.45) is 0. The van der Waals surface area contributed by atoms with Crippen molar-refractivity contribution in [2.24, 2.45) is 0 Å². The van der Waals surface area contributed by atoms with Gasteiger partial charge in [0.15, 0.2) is 0 Å². The van der Waals surface area contributed by atoms with E-state index in [0.29, 0.717) is 15.1 Å². The molecule has 0 aliphatic heterocycles. The number of hydrogen-bond acceptors (Lipinski definition) is 1. The van der Waals surface area contributed by atoms with Crippen LogP contribution in [0, 0.1) is 25.5 Å². The van der Waals surface area contributed by atoms with Gasteiger partial charge in [0.1, 0.15) is 11.6 Å². The van der Waals surface area contributed by atoms with Gasteiger partial charge < -0.3 is 5.32 Å². The van der Waals surface area contributed by atoms with Gasteiger partial charge in [0.25, 0.3) is 0 Å². The standard InChI is InChI=1S/C16H15BrClF2N/c1-8-4-11(12(18)5-9(8)2)16(21-3)15-13(19)6-10(17)7-14(15)20/h4-7,16,21H,1-3H3. The van der Waals surface area contributed by atoms with Crippen molar-refractivity contribution in [1.82, 2.24) is 5.32 Å². The number of rotatable bonds is 3. The second-order valence-corrected chi connectivity index (χ2v) is 6.29. The van der Waals surface area contributed by atoms with Gasteiger partial charge in [0.05, 0.1) is 6.04 Å². The van der Waals surface area contributed by atoms with Crippen molar-refractivity contribution >= 4 is 27.5 Å². The van der Waals surface area contributed by atoms with Gasteiger partial charge >= 0.3 is 0 Å². The average Bonchev–Trinajstić information content (AvgIpc) is 2.38. The number of halogens is 4. The van der Waals surface area contributed by atoms with E-state index in [1.807, 2.05) is 26.0 Å². The molecule has 1 nitrogen and oxygen atoms in total. The van der Waals surface area contributed by atoms with Crippen LogP contribution in [0.5, 0.6) is 0 Å². The minimum absolute atomic E-state index is 0.0362. The summed E-state index contributed by atoms with van der Waals surface area (Å²) in [5, 5.41) is 3.43. The Balaban J connectivity index is 2.63. The monoisotopic (exact) mass is 373 g/mol. The van der Waals surface area contributed by atoms with Crippen LogP contribution in [0.25, 0.3) is 0 Å². The first-order chi connectivity index (χ1) is 9.85. The van der Waals surface area contributed by atoms with Crippen LogP contribution in [-0.4, -0.2) is 7.05 Å². The lowest BCUT2D eigenvalue weighted by atomic mass is 9.95. The number of benzene rings is 2. The third kappa shape index (κ3) is 3.28. The molecule has 2 aromatic carbocycles. The molecule has 1 atom stereocenters. The molecular weight excluding hydrogens is 360 g/mol. The molecule has 2 aromatic rings. The van der Waals surface area contributed by atoms with Gasteiger partial charge in [-0.3, -0.25) is 0 Å². The van der Waals surface area contributed by atoms with Gasteiger partial charge in [-0.15, -0.1) is 0 Å². The van der Waals surface area contributed by atoms with Crippen molar-refractivity contribution in [3.05, 3.63) is 67.6 Å². The highest BCUT2D eigenvalue weighted by molar-refractivity contribution is 9.10. The number of aryl methyl sites for hydroxylation is 2. The third-order valence-corrected chi connectivity index (χ3v) is 4.33. The molecule has 0 saturated carbocycles. The summed E-state index contributed by atoms with van der Waals surface area (Å²) in [7, 11) is 1.65. The average molecular weight is 375 g/mol. The molecule has 1 N–H and O–H groups in total. The van der Waals surface area contributed by atoms with Crippen molar-refractivity contribution in [2.45, 2.75) is 19.9 Å². The van der Waals surface area contributed by atoms with Crippen LogP contribution in [0.3, 0.4) is 0 Å². The molecule has 0 spiro atoms. The van der Waals surface area contributed by atoms with Crippen molar-refractivity contribution < 1.29 is 8.78 Å². The molecule has 0 amide bonds. The highest BCUT2D eigenvalue weighted by atomic mass is 79.9. The normalized spacial score (nSPS) is 12.5. The highest BCUT2D eigenvalue weighted by Gasteiger charge is 2.23. The molecule has 2 rings (SSSR count). The first-order valence-electron chi connectivity index (χ1n) is 6.43. The van der Waals surface area contributed by atoms with Crippen LogP contribution in [0.1, 0.15) is 28.3 Å². The summed E-state index contributed by atoms with van der Waals surface area (Å²) in [4.78, 5) is 0. The summed E-state index contributed by atoms with van der Waals surface area (Å²) in [6, 6.07) is 5.52. The Morgan fingerprint density at radius 3 is 2.10 bits per heavy atom. The van der Waals surface area contributed by atoms with Gasteiger partial charge in [0.2, 0.25) is 0 Å². The third-order valence-electron chi connectivity index (χ3n) is 3.55. The Hall–Kier alpha value is -0.970. The van der Waals surface area contributed by atoms with E-state index < -0.39 is 17.7 Å². The molecule has 0 radical (unpaired) electrons. The van der Waals surface area contributed by atoms with Crippen molar-refractivity contribution in [2.75, 3.05) is 7.05 Å². The van der Waals surface area contributed by atoms with E-state index in [4.69, 9.17) is 11.6 Å². The largest absolute Gasteiger partial charge is 0.309 e. The minimum atomic E-state index is -0.648. The summed E-state index contributed by atoms with van der Waals surface area (Å²) < 4.78 is 28.7. The first-order valence-corrected chi connectivity index (χ1v) is 7.60. The maximum Gasteiger partial charge on any atom is 0.132 e. The predicted octanol–water partition coefficient (Wildman–Crippen LogP) is 5.31. The van der Waals surface area contributed by atoms with Gasteiger partial charge in [-0.25, -0.2) is 8.78 Å². The zero-order valence-corrected chi connectivity index (χ0v) is 14.2. The molecule has 0 aromatic heterocycles. The molecule has 1 unspecified atom stereocenters. The van der Waals surface area contributed by atoms with Crippen molar-refractivity contribution in [1.29, 1.82) is 0 Å². The molecule has 0 heterocycles. The lowest BCUT2D eigenvalue weighted by molar-refractivity contribution is 0.521. The summed E-state index contributed by atoms with van der Waals surface area (Å²) in [5.74, 6) is -1.23. The van der Waals surface area contributed by atoms with E-state index in [-0.39, 0.29) is 5.56 Å². The fourth-order valence-electron chi connectivity index (χ4n) is 2.31. The Morgan fingerprint density at radius 1 is 1.05 bits per heavy atom. The summed E-state index contributed by atoms with van der Waals surface area (Å²) >= 11 is 9.35. The quantitative estimate of drug-likeness (QED) is 0.768. The molecule has 0 bridgehead atoms. The lowest BCUT2D eigenvalue weighted by Gasteiger charge is -2.21. The number of nitrogens with one attached hydrogen (secondary N) is 1. The molecule has 0 aliphatic carbocycles. The van der Waals surface area contributed by atoms with E-state index in [0.717, 1.165) is 11.1 Å². The lowest BCUT2D eigenvalue weighted by Crippen LogP contribution is -2.21. The van der Waals surface area contributed by atoms with E-state index in [1.54, 1.807) is 7.05 Å². The molecule has 112 valence electrons. The van der Waals surface area contributed by atoms with E-state index in [2.05, 4.69) is 21.2 Å². The van der Waals surface area contributed by atoms with Crippen molar-refractivity contribution in [3.8, 4) is 0 Å². The first kappa shape index (κ1) is 16.4. The van der Waals surface area contributed by atoms with Crippen LogP contribution < -0.4 is 5.32 Å². The Kier molecular flexibility index (Phi) is 5.02. The van der Waals surface area contributed by atoms with Crippen LogP contribution in [-0.2, 0) is 0 Å². The Morgan fingerprint density at radius 2 is 1.57 bits per heavy atom. The van der Waals surface area contributed by atoms with Crippen molar-refractivity contribution in [3.63, 3.8) is 0 Å². The zero-order valence-electron chi connectivity index (χ0n) is 11.9. The molecule has 0 saturated heterocycles. The van der Waals surface area contributed by atoms with Crippen LogP contribution in [0.15, 0.2) is 28.7 Å². The van der Waals surface area contributed by atoms with Gasteiger partial charge in [-0.2, -0.15) is 0 Å². The Labute approximate surface area is 136 Å². The predicted molar refractivity (Wildman–Crippen MR) is 85.9 cm³/mol. The molecule has 21 heavy (non-hydrogen) atoms. The summed E-state index contributed by atoms with van der Waals surface area (Å²) in [5.41, 5.74) is 2.68. The van der Waals surface area contributed by atoms with Gasteiger partial charge in [-0.1, -0.05) is 33.6 Å². The fraction of sp³-hybridized carbons (Fsp3) is 0.250. The molecule has 0 aliphatic rings. The highest BCUT2D eigenvalue weighted by Crippen LogP contribution is 2.34. The summed E-state index contributed by atoms with van der Waals surface area (Å²) in [6.45, 7) is 3.89. The molecule has 5 heteroatoms. The maximum absolute atomic E-state index is 14.2. The van der Waals surface area contributed by atoms with E-state index in [1.165, 1.54) is 12.1 Å². The second-order valence-electron chi connectivity index (χ2n) is 4.96. The van der Waals surface area contributed by atoms with Gasteiger partial charge in [0, 0.05) is 15.1 Å². The zero-order chi connectivity index (χ0) is 15.7. The minimum Gasteiger partial charge on any atom is -0.309 e. The van der Waals surface area contributed by atoms with E-state index in [9.17, 15) is 8.78 Å².